The van der Waals surface area contributed by atoms with Crippen molar-refractivity contribution in [3.8, 4) is 23.0 Å². The number of carbonyl (C=O) groups excluding carboxylic acids is 2. The van der Waals surface area contributed by atoms with Gasteiger partial charge in [0.05, 0.1) is 40.9 Å². The van der Waals surface area contributed by atoms with Gasteiger partial charge in [0.2, 0.25) is 11.8 Å². The van der Waals surface area contributed by atoms with E-state index >= 15 is 0 Å². The minimum Gasteiger partial charge on any atom is -0.497 e. The van der Waals surface area contributed by atoms with E-state index in [1.54, 1.807) is 64.8 Å². The highest BCUT2D eigenvalue weighted by Crippen LogP contribution is 2.23. The topological polar surface area (TPSA) is 120 Å². The van der Waals surface area contributed by atoms with Gasteiger partial charge in [-0.1, -0.05) is 0 Å². The Morgan fingerprint density at radius 3 is 1.47 bits per heavy atom. The molecule has 0 saturated carbocycles. The number of benzene rings is 2. The average molecular weight is 471 g/mol. The molecular formula is C24H30N4O6. The fourth-order valence-corrected chi connectivity index (χ4v) is 2.88. The van der Waals surface area contributed by atoms with Crippen LogP contribution in [0.5, 0.6) is 23.0 Å². The molecule has 0 aliphatic carbocycles. The smallest absolute Gasteiger partial charge is 0.240 e. The lowest BCUT2D eigenvalue weighted by Crippen LogP contribution is -2.19. The van der Waals surface area contributed by atoms with Crippen molar-refractivity contribution in [2.24, 2.45) is 10.2 Å². The third kappa shape index (κ3) is 8.45. The van der Waals surface area contributed by atoms with Gasteiger partial charge in [-0.25, -0.2) is 10.9 Å². The van der Waals surface area contributed by atoms with Crippen LogP contribution in [0.2, 0.25) is 0 Å². The van der Waals surface area contributed by atoms with Gasteiger partial charge in [0.1, 0.15) is 23.0 Å². The number of nitrogens with one attached hydrogen (secondary N) is 2. The molecule has 2 rings (SSSR count). The van der Waals surface area contributed by atoms with Crippen molar-refractivity contribution < 1.29 is 28.5 Å². The lowest BCUT2D eigenvalue weighted by molar-refractivity contribution is -0.123. The van der Waals surface area contributed by atoms with Gasteiger partial charge in [0, 0.05) is 36.1 Å². The predicted molar refractivity (Wildman–Crippen MR) is 129 cm³/mol. The van der Waals surface area contributed by atoms with Gasteiger partial charge in [-0.15, -0.1) is 0 Å². The molecule has 0 atom stereocenters. The molecule has 2 amide bonds. The molecule has 0 heterocycles. The van der Waals surface area contributed by atoms with Crippen molar-refractivity contribution in [3.63, 3.8) is 0 Å². The van der Waals surface area contributed by atoms with Crippen LogP contribution in [-0.2, 0) is 9.59 Å². The lowest BCUT2D eigenvalue weighted by Gasteiger charge is -2.07. The lowest BCUT2D eigenvalue weighted by atomic mass is 10.2. The van der Waals surface area contributed by atoms with Crippen LogP contribution in [0, 0.1) is 0 Å². The maximum Gasteiger partial charge on any atom is 0.240 e. The van der Waals surface area contributed by atoms with Gasteiger partial charge in [-0.2, -0.15) is 10.2 Å². The fraction of sp³-hybridized carbons (Fsp3) is 0.333. The number of methoxy groups -OCH3 is 4. The van der Waals surface area contributed by atoms with Crippen molar-refractivity contribution in [2.75, 3.05) is 28.4 Å². The Balaban J connectivity index is 1.68. The van der Waals surface area contributed by atoms with Gasteiger partial charge in [-0.3, -0.25) is 9.59 Å². The normalized spacial score (nSPS) is 10.8. The van der Waals surface area contributed by atoms with E-state index in [0.717, 1.165) is 0 Å². The summed E-state index contributed by atoms with van der Waals surface area (Å²) in [7, 11) is 6.23. The molecule has 0 aliphatic rings. The molecule has 2 aromatic rings. The summed E-state index contributed by atoms with van der Waals surface area (Å²) in [6.45, 7) is 0. The molecule has 0 unspecified atom stereocenters. The zero-order valence-corrected chi connectivity index (χ0v) is 19.8. The molecule has 182 valence electrons. The monoisotopic (exact) mass is 470 g/mol. The van der Waals surface area contributed by atoms with E-state index in [2.05, 4.69) is 21.1 Å². The molecule has 0 bridgehead atoms. The van der Waals surface area contributed by atoms with E-state index in [1.807, 2.05) is 0 Å². The van der Waals surface area contributed by atoms with Crippen LogP contribution in [0.4, 0.5) is 0 Å². The van der Waals surface area contributed by atoms with E-state index in [0.29, 0.717) is 47.0 Å². The summed E-state index contributed by atoms with van der Waals surface area (Å²) in [6, 6.07) is 10.6. The molecule has 2 N–H and O–H groups in total. The quantitative estimate of drug-likeness (QED) is 0.264. The van der Waals surface area contributed by atoms with Crippen molar-refractivity contribution in [2.45, 2.75) is 25.7 Å². The summed E-state index contributed by atoms with van der Waals surface area (Å²) >= 11 is 0. The number of hydrogen-bond acceptors (Lipinski definition) is 8. The number of carbonyl (C=O) groups is 2. The Labute approximate surface area is 198 Å². The van der Waals surface area contributed by atoms with E-state index in [1.165, 1.54) is 12.4 Å². The minimum absolute atomic E-state index is 0.242. The molecule has 10 heteroatoms. The largest absolute Gasteiger partial charge is 0.497 e. The Morgan fingerprint density at radius 1 is 0.706 bits per heavy atom. The van der Waals surface area contributed by atoms with Gasteiger partial charge in [-0.05, 0) is 37.1 Å². The second-order valence-corrected chi connectivity index (χ2v) is 7.01. The summed E-state index contributed by atoms with van der Waals surface area (Å²) in [5, 5.41) is 7.90. The van der Waals surface area contributed by atoms with Crippen molar-refractivity contribution in [3.05, 3.63) is 47.5 Å². The molecule has 10 nitrogen and oxygen atoms in total. The van der Waals surface area contributed by atoms with Crippen LogP contribution < -0.4 is 29.8 Å². The number of amides is 2. The van der Waals surface area contributed by atoms with Crippen molar-refractivity contribution >= 4 is 24.2 Å². The Morgan fingerprint density at radius 2 is 1.12 bits per heavy atom. The van der Waals surface area contributed by atoms with Crippen molar-refractivity contribution in [1.29, 1.82) is 0 Å². The Kier molecular flexibility index (Phi) is 10.9. The minimum atomic E-state index is -0.242. The highest BCUT2D eigenvalue weighted by Gasteiger charge is 2.06. The second-order valence-electron chi connectivity index (χ2n) is 7.01. The van der Waals surface area contributed by atoms with Crippen LogP contribution in [0.3, 0.4) is 0 Å². The standard InChI is InChI=1S/C24H30N4O6/c1-31-19-11-9-17(21(13-19)33-3)15-25-27-23(29)7-5-6-8-24(30)28-26-16-18-10-12-20(32-2)14-22(18)34-4/h9-16H,5-8H2,1-4H3,(H,27,29)(H,28,30). The SMILES string of the molecule is COc1ccc(C=NNC(=O)CCCCC(=O)NN=Cc2ccc(OC)cc2OC)c(OC)c1. The van der Waals surface area contributed by atoms with Crippen molar-refractivity contribution in [1.82, 2.24) is 10.9 Å². The first-order valence-electron chi connectivity index (χ1n) is 10.6. The summed E-state index contributed by atoms with van der Waals surface area (Å²) in [4.78, 5) is 23.9. The number of nitrogens with zero attached hydrogens (tertiary/aromatic N) is 2. The zero-order chi connectivity index (χ0) is 24.8. The van der Waals surface area contributed by atoms with Gasteiger partial charge in [0.15, 0.2) is 0 Å². The first-order chi connectivity index (χ1) is 16.5. The maximum atomic E-state index is 11.9. The fourth-order valence-electron chi connectivity index (χ4n) is 2.88. The summed E-state index contributed by atoms with van der Waals surface area (Å²) in [6.07, 6.45) is 4.57. The van der Waals surface area contributed by atoms with Gasteiger partial charge in [0.25, 0.3) is 0 Å². The maximum absolute atomic E-state index is 11.9. The molecule has 0 spiro atoms. The first kappa shape index (κ1) is 26.2. The third-order valence-corrected chi connectivity index (χ3v) is 4.72. The van der Waals surface area contributed by atoms with Crippen LogP contribution in [0.25, 0.3) is 0 Å². The molecule has 2 aromatic carbocycles. The zero-order valence-electron chi connectivity index (χ0n) is 19.8. The Bertz CT molecular complexity index is 941. The number of hydrogen-bond donors (Lipinski definition) is 2. The van der Waals surface area contributed by atoms with E-state index in [9.17, 15) is 9.59 Å². The van der Waals surface area contributed by atoms with Crippen LogP contribution in [0.1, 0.15) is 36.8 Å². The summed E-state index contributed by atoms with van der Waals surface area (Å²) in [5.74, 6) is 2.00. The highest BCUT2D eigenvalue weighted by atomic mass is 16.5. The predicted octanol–water partition coefficient (Wildman–Crippen LogP) is 2.88. The van der Waals surface area contributed by atoms with Crippen LogP contribution in [-0.4, -0.2) is 52.7 Å². The first-order valence-corrected chi connectivity index (χ1v) is 10.6. The van der Waals surface area contributed by atoms with Crippen LogP contribution >= 0.6 is 0 Å². The molecule has 0 fully saturated rings. The van der Waals surface area contributed by atoms with E-state index in [-0.39, 0.29) is 24.7 Å². The van der Waals surface area contributed by atoms with E-state index in [4.69, 9.17) is 18.9 Å². The Hall–Kier alpha value is -4.08. The number of hydrazone groups is 2. The second kappa shape index (κ2) is 14.1. The molecule has 0 aliphatic heterocycles. The summed E-state index contributed by atoms with van der Waals surface area (Å²) in [5.41, 5.74) is 6.34. The molecule has 0 saturated heterocycles. The number of ether oxygens (including phenoxy) is 4. The molecule has 0 radical (unpaired) electrons. The molecule has 34 heavy (non-hydrogen) atoms. The third-order valence-electron chi connectivity index (χ3n) is 4.72. The van der Waals surface area contributed by atoms with Gasteiger partial charge < -0.3 is 18.9 Å². The van der Waals surface area contributed by atoms with E-state index < -0.39 is 0 Å². The number of rotatable bonds is 13. The highest BCUT2D eigenvalue weighted by molar-refractivity contribution is 5.86. The van der Waals surface area contributed by atoms with Crippen LogP contribution in [0.15, 0.2) is 46.6 Å². The average Bonchev–Trinajstić information content (AvgIpc) is 2.86. The molecular weight excluding hydrogens is 440 g/mol. The van der Waals surface area contributed by atoms with Gasteiger partial charge >= 0.3 is 0 Å². The molecule has 0 aromatic heterocycles. The number of unbranched alkanes of at least 4 members (excludes halogenated alkanes) is 1. The summed E-state index contributed by atoms with van der Waals surface area (Å²) < 4.78 is 20.8.